The molecular formula is C12H24FNO2S. The third-order valence-corrected chi connectivity index (χ3v) is 6.29. The molecule has 0 aromatic rings. The van der Waals surface area contributed by atoms with Crippen molar-refractivity contribution in [2.24, 2.45) is 5.73 Å². The third kappa shape index (κ3) is 3.91. The van der Waals surface area contributed by atoms with Gasteiger partial charge in [0, 0.05) is 6.04 Å². The van der Waals surface area contributed by atoms with Crippen LogP contribution < -0.4 is 5.73 Å². The molecule has 102 valence electrons. The van der Waals surface area contributed by atoms with E-state index in [1.807, 2.05) is 0 Å². The molecule has 3 nitrogen and oxygen atoms in total. The van der Waals surface area contributed by atoms with E-state index in [0.29, 0.717) is 25.7 Å². The Bertz CT molecular complexity index is 351. The summed E-state index contributed by atoms with van der Waals surface area (Å²) in [6.07, 6.45) is 2.22. The summed E-state index contributed by atoms with van der Waals surface area (Å²) in [6.45, 7) is 4.97. The van der Waals surface area contributed by atoms with Gasteiger partial charge in [-0.3, -0.25) is 0 Å². The lowest BCUT2D eigenvalue weighted by molar-refractivity contribution is 0.0955. The van der Waals surface area contributed by atoms with Crippen LogP contribution in [-0.4, -0.2) is 30.6 Å². The smallest absolute Gasteiger partial charge is 0.155 e. The second kappa shape index (κ2) is 4.84. The Balaban J connectivity index is 2.57. The fraction of sp³-hybridized carbons (Fsp3) is 1.00. The summed E-state index contributed by atoms with van der Waals surface area (Å²) in [5.41, 5.74) is 4.40. The van der Waals surface area contributed by atoms with Crippen LogP contribution in [0.15, 0.2) is 0 Å². The zero-order chi connectivity index (χ0) is 13.3. The van der Waals surface area contributed by atoms with Crippen LogP contribution in [0, 0.1) is 0 Å². The van der Waals surface area contributed by atoms with Gasteiger partial charge >= 0.3 is 0 Å². The lowest BCUT2D eigenvalue weighted by Crippen LogP contribution is -2.39. The molecule has 1 aliphatic rings. The van der Waals surface area contributed by atoms with E-state index in [1.54, 1.807) is 20.8 Å². The number of halogens is 1. The average molecular weight is 265 g/mol. The van der Waals surface area contributed by atoms with E-state index in [2.05, 4.69) is 0 Å². The van der Waals surface area contributed by atoms with E-state index in [9.17, 15) is 12.8 Å². The average Bonchev–Trinajstić information content (AvgIpc) is 2.19. The zero-order valence-electron chi connectivity index (χ0n) is 11.0. The van der Waals surface area contributed by atoms with Crippen LogP contribution in [0.3, 0.4) is 0 Å². The van der Waals surface area contributed by atoms with Crippen molar-refractivity contribution in [1.82, 2.24) is 0 Å². The molecule has 0 bridgehead atoms. The number of nitrogens with two attached hydrogens (primary N) is 1. The molecule has 0 spiro atoms. The SMILES string of the molecule is CC(C)(C)S(=O)(=O)CCC1(F)CCC(N)CC1. The summed E-state index contributed by atoms with van der Waals surface area (Å²) in [5.74, 6) is -0.0672. The molecule has 0 atom stereocenters. The van der Waals surface area contributed by atoms with Gasteiger partial charge in [-0.2, -0.15) is 0 Å². The molecule has 1 saturated carbocycles. The van der Waals surface area contributed by atoms with E-state index in [4.69, 9.17) is 5.73 Å². The summed E-state index contributed by atoms with van der Waals surface area (Å²) in [6, 6.07) is 0.0816. The lowest BCUT2D eigenvalue weighted by atomic mass is 9.82. The second-order valence-corrected chi connectivity index (χ2v) is 9.03. The molecule has 0 aromatic carbocycles. The van der Waals surface area contributed by atoms with Crippen molar-refractivity contribution in [2.45, 2.75) is 69.3 Å². The normalized spacial score (nSPS) is 31.5. The molecular weight excluding hydrogens is 241 g/mol. The van der Waals surface area contributed by atoms with Crippen LogP contribution in [0.25, 0.3) is 0 Å². The van der Waals surface area contributed by atoms with Crippen LogP contribution in [0.2, 0.25) is 0 Å². The molecule has 0 unspecified atom stereocenters. The Morgan fingerprint density at radius 1 is 1.29 bits per heavy atom. The predicted molar refractivity (Wildman–Crippen MR) is 68.4 cm³/mol. The topological polar surface area (TPSA) is 60.2 Å². The fourth-order valence-electron chi connectivity index (χ4n) is 2.03. The van der Waals surface area contributed by atoms with Gasteiger partial charge in [-0.25, -0.2) is 12.8 Å². The minimum Gasteiger partial charge on any atom is -0.328 e. The van der Waals surface area contributed by atoms with Crippen LogP contribution in [-0.2, 0) is 9.84 Å². The number of sulfone groups is 1. The van der Waals surface area contributed by atoms with Gasteiger partial charge in [0.05, 0.1) is 10.5 Å². The summed E-state index contributed by atoms with van der Waals surface area (Å²) >= 11 is 0. The van der Waals surface area contributed by atoms with Crippen LogP contribution in [0.4, 0.5) is 4.39 Å². The van der Waals surface area contributed by atoms with E-state index in [0.717, 1.165) is 0 Å². The molecule has 5 heteroatoms. The highest BCUT2D eigenvalue weighted by Gasteiger charge is 2.37. The zero-order valence-corrected chi connectivity index (χ0v) is 11.8. The quantitative estimate of drug-likeness (QED) is 0.851. The van der Waals surface area contributed by atoms with Crippen molar-refractivity contribution in [3.05, 3.63) is 0 Å². The maximum Gasteiger partial charge on any atom is 0.155 e. The van der Waals surface area contributed by atoms with Gasteiger partial charge in [0.15, 0.2) is 9.84 Å². The molecule has 0 aromatic heterocycles. The molecule has 1 rings (SSSR count). The number of hydrogen-bond acceptors (Lipinski definition) is 3. The summed E-state index contributed by atoms with van der Waals surface area (Å²) in [7, 11) is -3.22. The lowest BCUT2D eigenvalue weighted by Gasteiger charge is -2.33. The van der Waals surface area contributed by atoms with Gasteiger partial charge in [-0.05, 0) is 52.9 Å². The highest BCUT2D eigenvalue weighted by molar-refractivity contribution is 7.92. The molecule has 0 amide bonds. The Morgan fingerprint density at radius 2 is 1.76 bits per heavy atom. The van der Waals surface area contributed by atoms with Crippen molar-refractivity contribution < 1.29 is 12.8 Å². The molecule has 2 N–H and O–H groups in total. The van der Waals surface area contributed by atoms with Gasteiger partial charge in [-0.15, -0.1) is 0 Å². The summed E-state index contributed by atoms with van der Waals surface area (Å²) < 4.78 is 37.4. The van der Waals surface area contributed by atoms with Crippen molar-refractivity contribution in [2.75, 3.05) is 5.75 Å². The first-order valence-corrected chi connectivity index (χ1v) is 7.88. The monoisotopic (exact) mass is 265 g/mol. The Hall–Kier alpha value is -0.160. The van der Waals surface area contributed by atoms with Crippen LogP contribution in [0.1, 0.15) is 52.9 Å². The maximum atomic E-state index is 14.3. The summed E-state index contributed by atoms with van der Waals surface area (Å²) in [4.78, 5) is 0. The number of hydrogen-bond donors (Lipinski definition) is 1. The van der Waals surface area contributed by atoms with Crippen molar-refractivity contribution in [3.8, 4) is 0 Å². The third-order valence-electron chi connectivity index (χ3n) is 3.68. The Labute approximate surface area is 104 Å². The maximum absolute atomic E-state index is 14.3. The van der Waals surface area contributed by atoms with E-state index < -0.39 is 20.3 Å². The minimum atomic E-state index is -3.22. The molecule has 1 aliphatic carbocycles. The Morgan fingerprint density at radius 3 is 2.18 bits per heavy atom. The largest absolute Gasteiger partial charge is 0.328 e. The van der Waals surface area contributed by atoms with Crippen molar-refractivity contribution in [1.29, 1.82) is 0 Å². The fourth-order valence-corrected chi connectivity index (χ4v) is 3.28. The molecule has 0 aliphatic heterocycles. The molecule has 0 saturated heterocycles. The van der Waals surface area contributed by atoms with Crippen molar-refractivity contribution in [3.63, 3.8) is 0 Å². The number of rotatable bonds is 3. The van der Waals surface area contributed by atoms with E-state index in [-0.39, 0.29) is 18.2 Å². The van der Waals surface area contributed by atoms with E-state index in [1.165, 1.54) is 0 Å². The molecule has 0 radical (unpaired) electrons. The van der Waals surface area contributed by atoms with Gasteiger partial charge < -0.3 is 5.73 Å². The first kappa shape index (κ1) is 14.9. The number of alkyl halides is 1. The molecule has 1 fully saturated rings. The van der Waals surface area contributed by atoms with Gasteiger partial charge in [-0.1, -0.05) is 0 Å². The highest BCUT2D eigenvalue weighted by atomic mass is 32.2. The molecule has 17 heavy (non-hydrogen) atoms. The first-order valence-electron chi connectivity index (χ1n) is 6.23. The predicted octanol–water partition coefficient (Wildman–Crippen LogP) is 2.20. The van der Waals surface area contributed by atoms with Crippen LogP contribution >= 0.6 is 0 Å². The minimum absolute atomic E-state index is 0.0672. The second-order valence-electron chi connectivity index (χ2n) is 6.17. The van der Waals surface area contributed by atoms with Gasteiger partial charge in [0.25, 0.3) is 0 Å². The first-order chi connectivity index (χ1) is 7.56. The van der Waals surface area contributed by atoms with Crippen molar-refractivity contribution >= 4 is 9.84 Å². The highest BCUT2D eigenvalue weighted by Crippen LogP contribution is 2.35. The Kier molecular flexibility index (Phi) is 4.24. The van der Waals surface area contributed by atoms with Gasteiger partial charge in [0.1, 0.15) is 5.67 Å². The van der Waals surface area contributed by atoms with Gasteiger partial charge in [0.2, 0.25) is 0 Å². The van der Waals surface area contributed by atoms with E-state index >= 15 is 0 Å². The van der Waals surface area contributed by atoms with Crippen LogP contribution in [0.5, 0.6) is 0 Å². The molecule has 0 heterocycles. The summed E-state index contributed by atoms with van der Waals surface area (Å²) in [5, 5.41) is 0. The standard InChI is InChI=1S/C12H24FNO2S/c1-11(2,3)17(15,16)9-8-12(13)6-4-10(14)5-7-12/h10H,4-9,14H2,1-3H3.